The lowest BCUT2D eigenvalue weighted by Crippen LogP contribution is -2.41. The maximum atomic E-state index is 11.5. The molecule has 0 aliphatic carbocycles. The van der Waals surface area contributed by atoms with E-state index in [2.05, 4.69) is 6.92 Å². The molecule has 0 aliphatic heterocycles. The minimum atomic E-state index is -0.992. The van der Waals surface area contributed by atoms with E-state index in [1.807, 2.05) is 0 Å². The van der Waals surface area contributed by atoms with E-state index in [4.69, 9.17) is 28.3 Å². The van der Waals surface area contributed by atoms with E-state index in [0.717, 1.165) is 29.6 Å². The molecule has 0 amide bonds. The Kier molecular flexibility index (Phi) is 7.32. The zero-order valence-electron chi connectivity index (χ0n) is 9.56. The molecule has 90 valence electrons. The van der Waals surface area contributed by atoms with Crippen molar-refractivity contribution in [3.63, 3.8) is 0 Å². The SMILES string of the molecule is CCCCCCOC(=O)C(C)(C)N(Cl)Cl. The number of unbranched alkanes of at least 4 members (excludes halogenated alkanes) is 3. The monoisotopic (exact) mass is 255 g/mol. The van der Waals surface area contributed by atoms with Gasteiger partial charge in [0.1, 0.15) is 5.54 Å². The van der Waals surface area contributed by atoms with Crippen molar-refractivity contribution >= 4 is 29.5 Å². The van der Waals surface area contributed by atoms with Gasteiger partial charge in [-0.3, -0.25) is 0 Å². The molecule has 0 heterocycles. The zero-order chi connectivity index (χ0) is 11.9. The van der Waals surface area contributed by atoms with Crippen LogP contribution in [0.15, 0.2) is 0 Å². The standard InChI is InChI=1S/C10H19Cl2NO2/c1-4-5-6-7-8-15-9(14)10(2,3)13(11)12/h4-8H2,1-3H3. The van der Waals surface area contributed by atoms with E-state index in [9.17, 15) is 4.79 Å². The topological polar surface area (TPSA) is 29.5 Å². The summed E-state index contributed by atoms with van der Waals surface area (Å²) in [5.74, 6) is -0.399. The third-order valence-electron chi connectivity index (χ3n) is 2.15. The van der Waals surface area contributed by atoms with Gasteiger partial charge in [0.25, 0.3) is 0 Å². The van der Waals surface area contributed by atoms with Crippen LogP contribution in [0.2, 0.25) is 0 Å². The van der Waals surface area contributed by atoms with Crippen LogP contribution in [0, 0.1) is 0 Å². The summed E-state index contributed by atoms with van der Waals surface area (Å²) in [7, 11) is 0. The summed E-state index contributed by atoms with van der Waals surface area (Å²) in [6, 6.07) is 0. The number of carbonyl (C=O) groups excluding carboxylic acids is 1. The minimum absolute atomic E-state index is 0.399. The highest BCUT2D eigenvalue weighted by atomic mass is 35.5. The molecular formula is C10H19Cl2NO2. The van der Waals surface area contributed by atoms with Crippen LogP contribution < -0.4 is 0 Å². The number of esters is 1. The van der Waals surface area contributed by atoms with Gasteiger partial charge in [-0.1, -0.05) is 26.2 Å². The summed E-state index contributed by atoms with van der Waals surface area (Å²) in [6.07, 6.45) is 4.30. The number of hydrogen-bond acceptors (Lipinski definition) is 3. The highest BCUT2D eigenvalue weighted by molar-refractivity contribution is 6.35. The van der Waals surface area contributed by atoms with Gasteiger partial charge < -0.3 is 4.74 Å². The summed E-state index contributed by atoms with van der Waals surface area (Å²) < 4.78 is 5.89. The minimum Gasteiger partial charge on any atom is -0.464 e. The highest BCUT2D eigenvalue weighted by Crippen LogP contribution is 2.21. The van der Waals surface area contributed by atoms with Crippen molar-refractivity contribution in [3.8, 4) is 0 Å². The first-order valence-corrected chi connectivity index (χ1v) is 5.89. The van der Waals surface area contributed by atoms with Crippen molar-refractivity contribution in [2.75, 3.05) is 6.61 Å². The van der Waals surface area contributed by atoms with Crippen LogP contribution in [-0.4, -0.2) is 22.1 Å². The summed E-state index contributed by atoms with van der Waals surface area (Å²) >= 11 is 11.0. The van der Waals surface area contributed by atoms with E-state index in [0.29, 0.717) is 6.61 Å². The molecule has 0 fully saturated rings. The van der Waals surface area contributed by atoms with Crippen LogP contribution in [0.25, 0.3) is 0 Å². The van der Waals surface area contributed by atoms with Crippen LogP contribution in [0.4, 0.5) is 0 Å². The number of nitrogens with zero attached hydrogens (tertiary/aromatic N) is 1. The van der Waals surface area contributed by atoms with Crippen molar-refractivity contribution in [2.45, 2.75) is 52.0 Å². The summed E-state index contributed by atoms with van der Waals surface area (Å²) in [5, 5.41) is 0. The zero-order valence-corrected chi connectivity index (χ0v) is 11.1. The Hall–Kier alpha value is 0.01000. The van der Waals surface area contributed by atoms with E-state index < -0.39 is 11.5 Å². The molecule has 0 bridgehead atoms. The second-order valence-corrected chi connectivity index (χ2v) is 4.84. The van der Waals surface area contributed by atoms with Crippen molar-refractivity contribution in [3.05, 3.63) is 0 Å². The van der Waals surface area contributed by atoms with Gasteiger partial charge >= 0.3 is 5.97 Å². The van der Waals surface area contributed by atoms with Crippen LogP contribution in [-0.2, 0) is 9.53 Å². The first kappa shape index (κ1) is 15.0. The van der Waals surface area contributed by atoms with Gasteiger partial charge in [0.05, 0.1) is 6.61 Å². The molecule has 0 saturated carbocycles. The highest BCUT2D eigenvalue weighted by Gasteiger charge is 2.35. The van der Waals surface area contributed by atoms with Crippen LogP contribution >= 0.6 is 23.6 Å². The number of hydrogen-bond donors (Lipinski definition) is 0. The van der Waals surface area contributed by atoms with Gasteiger partial charge in [-0.15, -0.1) is 3.94 Å². The molecule has 0 N–H and O–H groups in total. The number of rotatable bonds is 7. The average Bonchev–Trinajstić information content (AvgIpc) is 2.16. The molecule has 0 spiro atoms. The molecule has 5 heteroatoms. The number of carbonyl (C=O) groups is 1. The Bertz CT molecular complexity index is 196. The molecular weight excluding hydrogens is 237 g/mol. The smallest absolute Gasteiger partial charge is 0.328 e. The molecule has 0 aromatic carbocycles. The predicted molar refractivity (Wildman–Crippen MR) is 62.7 cm³/mol. The lowest BCUT2D eigenvalue weighted by molar-refractivity contribution is -0.151. The summed E-state index contributed by atoms with van der Waals surface area (Å²) in [5.41, 5.74) is -0.992. The molecule has 0 atom stereocenters. The normalized spacial score (nSPS) is 11.9. The number of halogens is 2. The Morgan fingerprint density at radius 3 is 2.33 bits per heavy atom. The summed E-state index contributed by atoms with van der Waals surface area (Å²) in [4.78, 5) is 11.5. The van der Waals surface area contributed by atoms with Gasteiger partial charge in [0.2, 0.25) is 0 Å². The van der Waals surface area contributed by atoms with Gasteiger partial charge in [-0.25, -0.2) is 4.79 Å². The third kappa shape index (κ3) is 5.59. The predicted octanol–water partition coefficient (Wildman–Crippen LogP) is 3.50. The maximum Gasteiger partial charge on any atom is 0.328 e. The van der Waals surface area contributed by atoms with E-state index >= 15 is 0 Å². The quantitative estimate of drug-likeness (QED) is 0.396. The largest absolute Gasteiger partial charge is 0.464 e. The number of ether oxygens (including phenoxy) is 1. The van der Waals surface area contributed by atoms with Gasteiger partial charge in [-0.05, 0) is 43.8 Å². The molecule has 0 aromatic heterocycles. The lowest BCUT2D eigenvalue weighted by atomic mass is 10.1. The fraction of sp³-hybridized carbons (Fsp3) is 0.900. The molecule has 0 aromatic rings. The maximum absolute atomic E-state index is 11.5. The molecule has 0 aliphatic rings. The molecule has 0 radical (unpaired) electrons. The molecule has 15 heavy (non-hydrogen) atoms. The van der Waals surface area contributed by atoms with E-state index in [-0.39, 0.29) is 0 Å². The van der Waals surface area contributed by atoms with Crippen LogP contribution in [0.3, 0.4) is 0 Å². The lowest BCUT2D eigenvalue weighted by Gasteiger charge is -2.24. The summed E-state index contributed by atoms with van der Waals surface area (Å²) in [6.45, 7) is 5.79. The molecule has 0 rings (SSSR count). The Morgan fingerprint density at radius 1 is 1.27 bits per heavy atom. The van der Waals surface area contributed by atoms with E-state index in [1.165, 1.54) is 0 Å². The van der Waals surface area contributed by atoms with Gasteiger partial charge in [0, 0.05) is 0 Å². The van der Waals surface area contributed by atoms with Gasteiger partial charge in [0.15, 0.2) is 0 Å². The Morgan fingerprint density at radius 2 is 1.87 bits per heavy atom. The Labute approximate surface area is 102 Å². The third-order valence-corrected chi connectivity index (χ3v) is 3.00. The molecule has 3 nitrogen and oxygen atoms in total. The van der Waals surface area contributed by atoms with Crippen molar-refractivity contribution in [1.29, 1.82) is 0 Å². The second-order valence-electron chi connectivity index (χ2n) is 3.99. The first-order chi connectivity index (χ1) is 6.92. The van der Waals surface area contributed by atoms with Crippen LogP contribution in [0.5, 0.6) is 0 Å². The first-order valence-electron chi connectivity index (χ1n) is 5.22. The van der Waals surface area contributed by atoms with Crippen molar-refractivity contribution in [1.82, 2.24) is 3.94 Å². The molecule has 0 saturated heterocycles. The van der Waals surface area contributed by atoms with Crippen LogP contribution in [0.1, 0.15) is 46.5 Å². The van der Waals surface area contributed by atoms with Crippen molar-refractivity contribution in [2.24, 2.45) is 0 Å². The average molecular weight is 256 g/mol. The molecule has 0 unspecified atom stereocenters. The van der Waals surface area contributed by atoms with E-state index in [1.54, 1.807) is 13.8 Å². The second kappa shape index (κ2) is 7.31. The fourth-order valence-corrected chi connectivity index (χ4v) is 1.08. The van der Waals surface area contributed by atoms with Crippen molar-refractivity contribution < 1.29 is 9.53 Å². The fourth-order valence-electron chi connectivity index (χ4n) is 0.939. The van der Waals surface area contributed by atoms with Gasteiger partial charge in [-0.2, -0.15) is 0 Å². The Balaban J connectivity index is 3.74.